The zero-order valence-corrected chi connectivity index (χ0v) is 13.0. The number of hydrogen-bond donors (Lipinski definition) is 0. The molecule has 0 N–H and O–H groups in total. The molecule has 1 rings (SSSR count). The molecule has 0 fully saturated rings. The van der Waals surface area contributed by atoms with Crippen molar-refractivity contribution < 1.29 is 21.7 Å². The summed E-state index contributed by atoms with van der Waals surface area (Å²) in [6.45, 7) is 4.39. The Morgan fingerprint density at radius 3 is 2.69 bits per heavy atom. The van der Waals surface area contributed by atoms with Crippen molar-refractivity contribution in [2.24, 2.45) is 0 Å². The second-order valence-corrected chi connectivity index (χ2v) is 3.44. The molecular weight excluding hydrogens is 300 g/mol. The van der Waals surface area contributed by atoms with Gasteiger partial charge in [-0.25, -0.2) is 0 Å². The van der Waals surface area contributed by atoms with Crippen LogP contribution in [0.25, 0.3) is 0 Å². The second kappa shape index (κ2) is 11.8. The van der Waals surface area contributed by atoms with E-state index in [2.05, 4.69) is 12.6 Å². The number of allylic oxidation sites excluding steroid dienone is 1. The Balaban J connectivity index is 0. The van der Waals surface area contributed by atoms with Gasteiger partial charge in [0.2, 0.25) is 0 Å². The molecule has 0 aliphatic carbocycles. The van der Waals surface area contributed by atoms with E-state index in [0.29, 0.717) is 5.02 Å². The van der Waals surface area contributed by atoms with E-state index >= 15 is 0 Å². The quantitative estimate of drug-likeness (QED) is 0.322. The minimum Gasteiger partial charge on any atom is -1.00 e. The van der Waals surface area contributed by atoms with Crippen LogP contribution in [0.4, 0.5) is 0 Å². The van der Waals surface area contributed by atoms with Crippen LogP contribution in [0.15, 0.2) is 30.9 Å². The normalized spacial score (nSPS) is 8.56. The molecule has 0 heterocycles. The van der Waals surface area contributed by atoms with E-state index < -0.39 is 0 Å². The van der Waals surface area contributed by atoms with Crippen molar-refractivity contribution in [1.82, 2.24) is 0 Å². The SMILES string of the molecule is C=CCCCCOc1[c-]cc(Cl)cc1.[Br-].[Mg+2]. The molecule has 0 amide bonds. The van der Waals surface area contributed by atoms with Gasteiger partial charge in [-0.05, 0) is 19.3 Å². The van der Waals surface area contributed by atoms with E-state index in [1.54, 1.807) is 12.1 Å². The fraction of sp³-hybridized carbons (Fsp3) is 0.333. The van der Waals surface area contributed by atoms with Gasteiger partial charge < -0.3 is 21.7 Å². The smallest absolute Gasteiger partial charge is 1.00 e. The topological polar surface area (TPSA) is 9.23 Å². The van der Waals surface area contributed by atoms with Crippen LogP contribution in [0.2, 0.25) is 5.02 Å². The van der Waals surface area contributed by atoms with Crippen LogP contribution in [0, 0.1) is 6.07 Å². The first-order valence-corrected chi connectivity index (χ1v) is 5.11. The third kappa shape index (κ3) is 8.45. The van der Waals surface area contributed by atoms with Crippen molar-refractivity contribution in [3.8, 4) is 5.75 Å². The first kappa shape index (κ1) is 18.7. The third-order valence-electron chi connectivity index (χ3n) is 1.81. The van der Waals surface area contributed by atoms with E-state index in [1.807, 2.05) is 12.1 Å². The number of hydrogen-bond acceptors (Lipinski definition) is 1. The average Bonchev–Trinajstić information content (AvgIpc) is 2.21. The van der Waals surface area contributed by atoms with Gasteiger partial charge >= 0.3 is 23.1 Å². The van der Waals surface area contributed by atoms with Gasteiger partial charge in [-0.3, -0.25) is 0 Å². The van der Waals surface area contributed by atoms with Crippen molar-refractivity contribution >= 4 is 34.7 Å². The van der Waals surface area contributed by atoms with Crippen molar-refractivity contribution in [1.29, 1.82) is 0 Å². The summed E-state index contributed by atoms with van der Waals surface area (Å²) in [7, 11) is 0. The third-order valence-corrected chi connectivity index (χ3v) is 2.04. The number of ether oxygens (including phenoxy) is 1. The first-order chi connectivity index (χ1) is 6.83. The summed E-state index contributed by atoms with van der Waals surface area (Å²) in [5.41, 5.74) is 0. The molecule has 0 spiro atoms. The minimum absolute atomic E-state index is 0. The van der Waals surface area contributed by atoms with Crippen LogP contribution in [0.3, 0.4) is 0 Å². The summed E-state index contributed by atoms with van der Waals surface area (Å²) >= 11 is 5.72. The summed E-state index contributed by atoms with van der Waals surface area (Å²) in [6, 6.07) is 8.29. The van der Waals surface area contributed by atoms with Crippen molar-refractivity contribution in [3.63, 3.8) is 0 Å². The number of rotatable bonds is 6. The Kier molecular flexibility index (Phi) is 13.7. The Hall–Kier alpha value is 0.296. The number of unbranched alkanes of at least 4 members (excludes halogenated alkanes) is 2. The summed E-state index contributed by atoms with van der Waals surface area (Å²) < 4.78 is 5.46. The zero-order chi connectivity index (χ0) is 10.2. The van der Waals surface area contributed by atoms with Crippen LogP contribution in [0.1, 0.15) is 19.3 Å². The molecular formula is C12H14BrClMgO. The fourth-order valence-corrected chi connectivity index (χ4v) is 1.17. The Morgan fingerprint density at radius 1 is 1.38 bits per heavy atom. The summed E-state index contributed by atoms with van der Waals surface area (Å²) in [4.78, 5) is 0. The predicted octanol–water partition coefficient (Wildman–Crippen LogP) is 0.498. The van der Waals surface area contributed by atoms with Gasteiger partial charge in [0.15, 0.2) is 0 Å². The van der Waals surface area contributed by atoms with E-state index in [9.17, 15) is 0 Å². The van der Waals surface area contributed by atoms with Crippen molar-refractivity contribution in [2.75, 3.05) is 6.61 Å². The summed E-state index contributed by atoms with van der Waals surface area (Å²) in [6.07, 6.45) is 5.14. The Labute approximate surface area is 129 Å². The zero-order valence-electron chi connectivity index (χ0n) is 9.22. The molecule has 84 valence electrons. The van der Waals surface area contributed by atoms with Gasteiger partial charge in [0.1, 0.15) is 0 Å². The molecule has 0 atom stereocenters. The van der Waals surface area contributed by atoms with Gasteiger partial charge in [0.05, 0.1) is 6.61 Å². The van der Waals surface area contributed by atoms with Gasteiger partial charge in [0, 0.05) is 5.75 Å². The maximum atomic E-state index is 5.72. The summed E-state index contributed by atoms with van der Waals surface area (Å²) in [5, 5.41) is 0.684. The van der Waals surface area contributed by atoms with Crippen LogP contribution in [0.5, 0.6) is 5.75 Å². The molecule has 16 heavy (non-hydrogen) atoms. The molecule has 0 aliphatic heterocycles. The van der Waals surface area contributed by atoms with Gasteiger partial charge in [-0.2, -0.15) is 23.7 Å². The molecule has 1 aromatic rings. The van der Waals surface area contributed by atoms with Crippen molar-refractivity contribution in [3.05, 3.63) is 41.9 Å². The standard InChI is InChI=1S/C12H14ClO.BrH.Mg/c1-2-3-4-5-10-14-12-8-6-11(13)7-9-12;;/h2,6-8H,1,3-5,10H2;1H;/q-1;;+2/p-1. The van der Waals surface area contributed by atoms with Gasteiger partial charge in [-0.15, -0.1) is 18.7 Å². The number of halogens is 2. The largest absolute Gasteiger partial charge is 2.00 e. The second-order valence-electron chi connectivity index (χ2n) is 3.00. The molecule has 1 nitrogen and oxygen atoms in total. The minimum atomic E-state index is 0. The van der Waals surface area contributed by atoms with Crippen LogP contribution >= 0.6 is 11.6 Å². The van der Waals surface area contributed by atoms with Crippen molar-refractivity contribution in [2.45, 2.75) is 19.3 Å². The van der Waals surface area contributed by atoms with Crippen LogP contribution < -0.4 is 21.7 Å². The maximum Gasteiger partial charge on any atom is 2.00 e. The Morgan fingerprint density at radius 2 is 2.12 bits per heavy atom. The average molecular weight is 314 g/mol. The fourth-order valence-electron chi connectivity index (χ4n) is 1.05. The Bertz CT molecular complexity index is 277. The molecule has 0 saturated heterocycles. The monoisotopic (exact) mass is 312 g/mol. The molecule has 0 bridgehead atoms. The predicted molar refractivity (Wildman–Crippen MR) is 65.6 cm³/mol. The van der Waals surface area contributed by atoms with E-state index in [-0.39, 0.29) is 40.0 Å². The molecule has 0 aliphatic rings. The molecule has 0 unspecified atom stereocenters. The maximum absolute atomic E-state index is 5.72. The van der Waals surface area contributed by atoms with E-state index in [1.165, 1.54) is 0 Å². The first-order valence-electron chi connectivity index (χ1n) is 4.74. The van der Waals surface area contributed by atoms with Crippen LogP contribution in [-0.4, -0.2) is 29.7 Å². The molecule has 0 aromatic heterocycles. The van der Waals surface area contributed by atoms with E-state index in [4.69, 9.17) is 16.3 Å². The molecule has 4 heteroatoms. The molecule has 0 radical (unpaired) electrons. The number of benzene rings is 1. The molecule has 0 saturated carbocycles. The van der Waals surface area contributed by atoms with Gasteiger partial charge in [-0.1, -0.05) is 11.1 Å². The van der Waals surface area contributed by atoms with Crippen LogP contribution in [-0.2, 0) is 0 Å². The van der Waals surface area contributed by atoms with Gasteiger partial charge in [0.25, 0.3) is 0 Å². The van der Waals surface area contributed by atoms with E-state index in [0.717, 1.165) is 31.6 Å². The molecule has 1 aromatic carbocycles. The summed E-state index contributed by atoms with van der Waals surface area (Å²) in [5.74, 6) is 0.757.